The van der Waals surface area contributed by atoms with Gasteiger partial charge in [-0.3, -0.25) is 9.40 Å². The van der Waals surface area contributed by atoms with Gasteiger partial charge in [-0.15, -0.1) is 0 Å². The lowest BCUT2D eigenvalue weighted by molar-refractivity contribution is 0.0698. The molecule has 0 atom stereocenters. The number of carbonyl (C=O) groups is 1. The molecule has 0 bridgehead atoms. The molecule has 0 amide bonds. The van der Waals surface area contributed by atoms with Crippen LogP contribution in [0, 0.1) is 0 Å². The predicted molar refractivity (Wildman–Crippen MR) is 68.9 cm³/mol. The van der Waals surface area contributed by atoms with Gasteiger partial charge < -0.3 is 9.67 Å². The fourth-order valence-electron chi connectivity index (χ4n) is 1.55. The van der Waals surface area contributed by atoms with Crippen LogP contribution in [0.4, 0.5) is 5.82 Å². The number of aryl methyl sites for hydroxylation is 2. The second kappa shape index (κ2) is 4.96. The summed E-state index contributed by atoms with van der Waals surface area (Å²) in [5.74, 6) is -1.39. The van der Waals surface area contributed by atoms with E-state index in [2.05, 4.69) is 14.8 Å². The molecule has 0 radical (unpaired) electrons. The lowest BCUT2D eigenvalue weighted by Gasteiger charge is -2.07. The number of nitrogens with one attached hydrogen (secondary N) is 1. The second-order valence-corrected chi connectivity index (χ2v) is 5.61. The van der Waals surface area contributed by atoms with Gasteiger partial charge in [-0.2, -0.15) is 13.5 Å². The van der Waals surface area contributed by atoms with Crippen LogP contribution in [0.25, 0.3) is 0 Å². The van der Waals surface area contributed by atoms with E-state index in [0.29, 0.717) is 6.54 Å². The monoisotopic (exact) mass is 299 g/mol. The van der Waals surface area contributed by atoms with E-state index in [1.807, 2.05) is 6.92 Å². The van der Waals surface area contributed by atoms with Gasteiger partial charge in [-0.1, -0.05) is 0 Å². The Balaban J connectivity index is 2.38. The van der Waals surface area contributed by atoms with Gasteiger partial charge >= 0.3 is 5.97 Å². The molecular formula is C10H13N5O4S. The Kier molecular flexibility index (Phi) is 3.49. The molecule has 0 saturated carbocycles. The number of imidazole rings is 1. The van der Waals surface area contributed by atoms with Crippen molar-refractivity contribution < 1.29 is 18.3 Å². The molecule has 0 fully saturated rings. The van der Waals surface area contributed by atoms with Crippen molar-refractivity contribution in [3.8, 4) is 0 Å². The Bertz CT molecular complexity index is 746. The summed E-state index contributed by atoms with van der Waals surface area (Å²) in [7, 11) is -2.52. The maximum atomic E-state index is 12.1. The van der Waals surface area contributed by atoms with E-state index in [9.17, 15) is 13.2 Å². The Hall–Kier alpha value is -2.36. The zero-order valence-electron chi connectivity index (χ0n) is 10.8. The first-order valence-corrected chi connectivity index (χ1v) is 7.13. The highest BCUT2D eigenvalue weighted by molar-refractivity contribution is 7.92. The number of hydrogen-bond donors (Lipinski definition) is 2. The third kappa shape index (κ3) is 2.50. The predicted octanol–water partition coefficient (Wildman–Crippen LogP) is 0.135. The smallest absolute Gasteiger partial charge is 0.341 e. The standard InChI is InChI=1S/C10H13N5O4S/c1-3-15-5-8(11-6-15)20(18,19)13-9-7(10(16)17)4-12-14(9)2/h4-6,13H,3H2,1-2H3,(H,16,17). The highest BCUT2D eigenvalue weighted by atomic mass is 32.2. The third-order valence-corrected chi connectivity index (χ3v) is 3.87. The van der Waals surface area contributed by atoms with Crippen molar-refractivity contribution >= 4 is 21.8 Å². The van der Waals surface area contributed by atoms with Crippen LogP contribution in [0.15, 0.2) is 23.7 Å². The average molecular weight is 299 g/mol. The van der Waals surface area contributed by atoms with Gasteiger partial charge in [-0.05, 0) is 6.92 Å². The van der Waals surface area contributed by atoms with Crippen molar-refractivity contribution in [1.82, 2.24) is 19.3 Å². The molecule has 2 N–H and O–H groups in total. The summed E-state index contributed by atoms with van der Waals surface area (Å²) in [6.45, 7) is 2.42. The zero-order valence-corrected chi connectivity index (χ0v) is 11.6. The van der Waals surface area contributed by atoms with Gasteiger partial charge in [0, 0.05) is 19.8 Å². The summed E-state index contributed by atoms with van der Waals surface area (Å²) in [6, 6.07) is 0. The van der Waals surface area contributed by atoms with Crippen LogP contribution in [0.5, 0.6) is 0 Å². The molecule has 10 heteroatoms. The fraction of sp³-hybridized carbons (Fsp3) is 0.300. The topological polar surface area (TPSA) is 119 Å². The zero-order chi connectivity index (χ0) is 14.9. The fourth-order valence-corrected chi connectivity index (χ4v) is 2.61. The number of sulfonamides is 1. The van der Waals surface area contributed by atoms with Crippen molar-refractivity contribution in [2.24, 2.45) is 7.05 Å². The molecule has 20 heavy (non-hydrogen) atoms. The number of rotatable bonds is 5. The van der Waals surface area contributed by atoms with Crippen LogP contribution >= 0.6 is 0 Å². The summed E-state index contributed by atoms with van der Waals surface area (Å²) in [5.41, 5.74) is -0.231. The SMILES string of the molecule is CCn1cnc(S(=O)(=O)Nc2c(C(=O)O)cnn2C)c1. The quantitative estimate of drug-likeness (QED) is 0.810. The summed E-state index contributed by atoms with van der Waals surface area (Å²) in [5, 5.41) is 12.5. The minimum Gasteiger partial charge on any atom is -0.477 e. The molecule has 108 valence electrons. The number of hydrogen-bond acceptors (Lipinski definition) is 5. The largest absolute Gasteiger partial charge is 0.477 e. The maximum Gasteiger partial charge on any atom is 0.341 e. The number of aromatic nitrogens is 4. The van der Waals surface area contributed by atoms with E-state index >= 15 is 0 Å². The Labute approximate surface area is 114 Å². The molecule has 0 saturated heterocycles. The third-order valence-electron chi connectivity index (χ3n) is 2.65. The van der Waals surface area contributed by atoms with Gasteiger partial charge in [0.2, 0.25) is 0 Å². The van der Waals surface area contributed by atoms with Crippen LogP contribution < -0.4 is 4.72 Å². The number of carboxylic acid groups (broad SMARTS) is 1. The first-order chi connectivity index (χ1) is 9.35. The molecule has 9 nitrogen and oxygen atoms in total. The van der Waals surface area contributed by atoms with E-state index in [0.717, 1.165) is 10.9 Å². The van der Waals surface area contributed by atoms with Crippen molar-refractivity contribution in [2.45, 2.75) is 18.5 Å². The van der Waals surface area contributed by atoms with E-state index in [4.69, 9.17) is 5.11 Å². The van der Waals surface area contributed by atoms with E-state index in [-0.39, 0.29) is 16.4 Å². The highest BCUT2D eigenvalue weighted by Crippen LogP contribution is 2.18. The highest BCUT2D eigenvalue weighted by Gasteiger charge is 2.23. The summed E-state index contributed by atoms with van der Waals surface area (Å²) < 4.78 is 29.2. The molecule has 2 rings (SSSR count). The minimum absolute atomic E-state index is 0.122. The van der Waals surface area contributed by atoms with Crippen molar-refractivity contribution in [3.63, 3.8) is 0 Å². The van der Waals surface area contributed by atoms with Crippen LogP contribution in [0.2, 0.25) is 0 Å². The van der Waals surface area contributed by atoms with E-state index in [1.54, 1.807) is 4.57 Å². The van der Waals surface area contributed by atoms with Crippen LogP contribution in [-0.2, 0) is 23.6 Å². The number of aromatic carboxylic acids is 1. The van der Waals surface area contributed by atoms with E-state index in [1.165, 1.54) is 19.6 Å². The first kappa shape index (κ1) is 14.1. The van der Waals surface area contributed by atoms with Crippen molar-refractivity contribution in [3.05, 3.63) is 24.3 Å². The molecule has 2 heterocycles. The lowest BCUT2D eigenvalue weighted by atomic mass is 10.3. The summed E-state index contributed by atoms with van der Waals surface area (Å²) >= 11 is 0. The summed E-state index contributed by atoms with van der Waals surface area (Å²) in [4.78, 5) is 14.8. The number of anilines is 1. The molecule has 0 aliphatic heterocycles. The maximum absolute atomic E-state index is 12.1. The lowest BCUT2D eigenvalue weighted by Crippen LogP contribution is -2.17. The Morgan fingerprint density at radius 3 is 2.75 bits per heavy atom. The van der Waals surface area contributed by atoms with Crippen LogP contribution in [0.3, 0.4) is 0 Å². The van der Waals surface area contributed by atoms with Gasteiger partial charge in [-0.25, -0.2) is 9.78 Å². The first-order valence-electron chi connectivity index (χ1n) is 5.65. The second-order valence-electron chi connectivity index (χ2n) is 3.98. The molecular weight excluding hydrogens is 286 g/mol. The van der Waals surface area contributed by atoms with Gasteiger partial charge in [0.15, 0.2) is 10.8 Å². The minimum atomic E-state index is -3.96. The summed E-state index contributed by atoms with van der Waals surface area (Å²) in [6.07, 6.45) is 3.82. The normalized spacial score (nSPS) is 11.5. The van der Waals surface area contributed by atoms with Gasteiger partial charge in [0.25, 0.3) is 10.0 Å². The molecule has 0 spiro atoms. The molecule has 0 aliphatic carbocycles. The molecule has 0 aliphatic rings. The molecule has 0 unspecified atom stereocenters. The number of carboxylic acids is 1. The molecule has 2 aromatic rings. The Morgan fingerprint density at radius 1 is 1.50 bits per heavy atom. The van der Waals surface area contributed by atoms with Gasteiger partial charge in [0.05, 0.1) is 12.5 Å². The van der Waals surface area contributed by atoms with Gasteiger partial charge in [0.1, 0.15) is 5.56 Å². The number of nitrogens with zero attached hydrogens (tertiary/aromatic N) is 4. The van der Waals surface area contributed by atoms with Crippen LogP contribution in [-0.4, -0.2) is 38.8 Å². The Morgan fingerprint density at radius 2 is 2.20 bits per heavy atom. The van der Waals surface area contributed by atoms with Crippen LogP contribution in [0.1, 0.15) is 17.3 Å². The van der Waals surface area contributed by atoms with E-state index < -0.39 is 16.0 Å². The average Bonchev–Trinajstić information content (AvgIpc) is 2.97. The molecule has 2 aromatic heterocycles. The molecule has 0 aromatic carbocycles. The van der Waals surface area contributed by atoms with Crippen molar-refractivity contribution in [2.75, 3.05) is 4.72 Å². The van der Waals surface area contributed by atoms with Crippen molar-refractivity contribution in [1.29, 1.82) is 0 Å².